The smallest absolute Gasteiger partial charge is 0.195 e. The van der Waals surface area contributed by atoms with Crippen molar-refractivity contribution in [1.29, 1.82) is 0 Å². The van der Waals surface area contributed by atoms with Gasteiger partial charge in [-0.1, -0.05) is 13.8 Å². The Labute approximate surface area is 186 Å². The van der Waals surface area contributed by atoms with Crippen LogP contribution in [0.5, 0.6) is 11.5 Å². The van der Waals surface area contributed by atoms with E-state index in [-0.39, 0.29) is 0 Å². The number of guanidine groups is 1. The van der Waals surface area contributed by atoms with Gasteiger partial charge in [-0.25, -0.2) is 0 Å². The van der Waals surface area contributed by atoms with Crippen LogP contribution in [0, 0.1) is 5.92 Å². The molecule has 1 aromatic carbocycles. The number of methoxy groups -OCH3 is 1. The molecule has 0 fully saturated rings. The van der Waals surface area contributed by atoms with Crippen LogP contribution in [0.1, 0.15) is 33.1 Å². The minimum atomic E-state index is 0.606. The number of ether oxygens (including phenoxy) is 5. The summed E-state index contributed by atoms with van der Waals surface area (Å²) in [5.74, 6) is 2.89. The van der Waals surface area contributed by atoms with Crippen molar-refractivity contribution in [3.05, 3.63) is 18.2 Å². The molecule has 0 atom stereocenters. The summed E-state index contributed by atoms with van der Waals surface area (Å²) < 4.78 is 27.7. The summed E-state index contributed by atoms with van der Waals surface area (Å²) in [5, 5.41) is 6.70. The van der Waals surface area contributed by atoms with E-state index >= 15 is 0 Å². The first kappa shape index (κ1) is 25.2. The summed E-state index contributed by atoms with van der Waals surface area (Å²) in [6.07, 6.45) is 2.79. The molecule has 0 saturated carbocycles. The van der Waals surface area contributed by atoms with Gasteiger partial charge >= 0.3 is 0 Å². The largest absolute Gasteiger partial charge is 0.490 e. The van der Waals surface area contributed by atoms with Gasteiger partial charge in [0.25, 0.3) is 0 Å². The second kappa shape index (κ2) is 15.7. The van der Waals surface area contributed by atoms with E-state index in [0.29, 0.717) is 64.6 Å². The second-order valence-electron chi connectivity index (χ2n) is 7.75. The topological polar surface area (TPSA) is 82.6 Å². The maximum absolute atomic E-state index is 5.79. The van der Waals surface area contributed by atoms with Gasteiger partial charge in [-0.15, -0.1) is 0 Å². The van der Waals surface area contributed by atoms with Crippen LogP contribution in [0.25, 0.3) is 0 Å². The van der Waals surface area contributed by atoms with E-state index < -0.39 is 0 Å². The Morgan fingerprint density at radius 2 is 1.84 bits per heavy atom. The third-order valence-electron chi connectivity index (χ3n) is 4.54. The zero-order valence-electron chi connectivity index (χ0n) is 19.3. The molecule has 0 aliphatic carbocycles. The number of rotatable bonds is 14. The Balaban J connectivity index is 1.85. The van der Waals surface area contributed by atoms with Crippen molar-refractivity contribution >= 4 is 11.6 Å². The van der Waals surface area contributed by atoms with Crippen LogP contribution in [0.2, 0.25) is 0 Å². The minimum Gasteiger partial charge on any atom is -0.490 e. The zero-order valence-corrected chi connectivity index (χ0v) is 19.3. The molecule has 0 unspecified atom stereocenters. The summed E-state index contributed by atoms with van der Waals surface area (Å²) in [4.78, 5) is 4.67. The summed E-state index contributed by atoms with van der Waals surface area (Å²) in [7, 11) is 1.67. The van der Waals surface area contributed by atoms with Crippen molar-refractivity contribution in [3.8, 4) is 11.5 Å². The van der Waals surface area contributed by atoms with Gasteiger partial charge in [0.2, 0.25) is 0 Å². The summed E-state index contributed by atoms with van der Waals surface area (Å²) >= 11 is 0. The highest BCUT2D eigenvalue weighted by molar-refractivity contribution is 5.93. The van der Waals surface area contributed by atoms with E-state index in [9.17, 15) is 0 Å². The fourth-order valence-corrected chi connectivity index (χ4v) is 2.78. The van der Waals surface area contributed by atoms with Crippen LogP contribution in [0.3, 0.4) is 0 Å². The van der Waals surface area contributed by atoms with E-state index in [1.807, 2.05) is 18.2 Å². The number of nitrogens with one attached hydrogen (secondary N) is 2. The Morgan fingerprint density at radius 3 is 2.65 bits per heavy atom. The van der Waals surface area contributed by atoms with Gasteiger partial charge in [0.05, 0.1) is 33.0 Å². The van der Waals surface area contributed by atoms with Crippen LogP contribution < -0.4 is 20.1 Å². The fraction of sp³-hybridized carbons (Fsp3) is 0.696. The van der Waals surface area contributed by atoms with E-state index in [4.69, 9.17) is 23.7 Å². The number of fused-ring (bicyclic) bond motifs is 1. The molecule has 0 amide bonds. The van der Waals surface area contributed by atoms with E-state index in [1.54, 1.807) is 7.11 Å². The maximum atomic E-state index is 5.79. The molecule has 1 heterocycles. The molecule has 0 spiro atoms. The monoisotopic (exact) mass is 437 g/mol. The lowest BCUT2D eigenvalue weighted by atomic mass is 10.1. The van der Waals surface area contributed by atoms with Crippen LogP contribution in [-0.2, 0) is 14.2 Å². The van der Waals surface area contributed by atoms with Crippen LogP contribution in [0.4, 0.5) is 5.69 Å². The molecule has 0 bridgehead atoms. The first-order valence-corrected chi connectivity index (χ1v) is 11.3. The van der Waals surface area contributed by atoms with Crippen molar-refractivity contribution in [3.63, 3.8) is 0 Å². The summed E-state index contributed by atoms with van der Waals surface area (Å²) in [5.41, 5.74) is 0.896. The lowest BCUT2D eigenvalue weighted by Gasteiger charge is -2.15. The van der Waals surface area contributed by atoms with Gasteiger partial charge in [0.1, 0.15) is 0 Å². The Hall–Kier alpha value is -2.03. The lowest BCUT2D eigenvalue weighted by Crippen LogP contribution is -2.33. The second-order valence-corrected chi connectivity index (χ2v) is 7.75. The van der Waals surface area contributed by atoms with Gasteiger partial charge in [-0.3, -0.25) is 4.99 Å². The molecule has 8 nitrogen and oxygen atoms in total. The number of hydrogen-bond acceptors (Lipinski definition) is 6. The molecule has 1 aliphatic rings. The molecule has 1 aliphatic heterocycles. The highest BCUT2D eigenvalue weighted by atomic mass is 16.5. The molecular formula is C23H39N3O5. The Morgan fingerprint density at radius 1 is 1.03 bits per heavy atom. The molecule has 2 N–H and O–H groups in total. The minimum absolute atomic E-state index is 0.606. The van der Waals surface area contributed by atoms with Crippen molar-refractivity contribution in [2.45, 2.75) is 33.1 Å². The quantitative estimate of drug-likeness (QED) is 0.262. The maximum Gasteiger partial charge on any atom is 0.195 e. The van der Waals surface area contributed by atoms with Crippen molar-refractivity contribution in [2.24, 2.45) is 10.9 Å². The van der Waals surface area contributed by atoms with Crippen LogP contribution in [-0.4, -0.2) is 72.4 Å². The third kappa shape index (κ3) is 11.2. The lowest BCUT2D eigenvalue weighted by molar-refractivity contribution is 0.0702. The van der Waals surface area contributed by atoms with Gasteiger partial charge in [0, 0.05) is 51.6 Å². The molecule has 1 aromatic rings. The number of nitrogens with zero attached hydrogens (tertiary/aromatic N) is 1. The van der Waals surface area contributed by atoms with E-state index in [2.05, 4.69) is 29.5 Å². The number of aliphatic imine (C=N–C) groups is 1. The molecule has 0 radical (unpaired) electrons. The average Bonchev–Trinajstić information content (AvgIpc) is 3.00. The number of hydrogen-bond donors (Lipinski definition) is 2. The zero-order chi connectivity index (χ0) is 22.2. The Bertz CT molecular complexity index is 640. The molecule has 8 heteroatoms. The molecule has 0 aromatic heterocycles. The summed E-state index contributed by atoms with van der Waals surface area (Å²) in [6, 6.07) is 5.85. The number of anilines is 1. The van der Waals surface area contributed by atoms with Crippen LogP contribution >= 0.6 is 0 Å². The molecule has 176 valence electrons. The summed E-state index contributed by atoms with van der Waals surface area (Å²) in [6.45, 7) is 10.4. The van der Waals surface area contributed by atoms with Gasteiger partial charge in [-0.2, -0.15) is 0 Å². The predicted octanol–water partition coefficient (Wildman–Crippen LogP) is 3.32. The molecule has 0 saturated heterocycles. The van der Waals surface area contributed by atoms with Crippen molar-refractivity contribution in [1.82, 2.24) is 5.32 Å². The molecular weight excluding hydrogens is 398 g/mol. The standard InChI is InChI=1S/C23H39N3O5/c1-19(2)8-14-29-15-10-25-23(24-9-4-11-28-17-16-27-3)26-20-6-7-21-22(18-20)31-13-5-12-30-21/h6-7,18-19H,4-5,8-17H2,1-3H3,(H2,24,25,26). The molecule has 2 rings (SSSR count). The van der Waals surface area contributed by atoms with Gasteiger partial charge < -0.3 is 34.3 Å². The van der Waals surface area contributed by atoms with E-state index in [1.165, 1.54) is 0 Å². The normalized spacial score (nSPS) is 13.9. The first-order valence-electron chi connectivity index (χ1n) is 11.3. The predicted molar refractivity (Wildman–Crippen MR) is 124 cm³/mol. The molecule has 31 heavy (non-hydrogen) atoms. The van der Waals surface area contributed by atoms with Gasteiger partial charge in [-0.05, 0) is 30.9 Å². The van der Waals surface area contributed by atoms with Gasteiger partial charge in [0.15, 0.2) is 17.5 Å². The number of benzene rings is 1. The van der Waals surface area contributed by atoms with Crippen molar-refractivity contribution < 1.29 is 23.7 Å². The highest BCUT2D eigenvalue weighted by Crippen LogP contribution is 2.32. The van der Waals surface area contributed by atoms with Crippen molar-refractivity contribution in [2.75, 3.05) is 71.8 Å². The Kier molecular flexibility index (Phi) is 12.8. The highest BCUT2D eigenvalue weighted by Gasteiger charge is 2.11. The van der Waals surface area contributed by atoms with E-state index in [0.717, 1.165) is 43.1 Å². The first-order chi connectivity index (χ1) is 15.2. The van der Waals surface area contributed by atoms with Crippen LogP contribution in [0.15, 0.2) is 23.2 Å². The SMILES string of the molecule is COCCOCCCN=C(NCCOCCC(C)C)Nc1ccc2c(c1)OCCCO2. The average molecular weight is 438 g/mol. The third-order valence-corrected chi connectivity index (χ3v) is 4.54. The fourth-order valence-electron chi connectivity index (χ4n) is 2.78.